The van der Waals surface area contributed by atoms with E-state index in [2.05, 4.69) is 78.9 Å². The summed E-state index contributed by atoms with van der Waals surface area (Å²) in [7, 11) is 0. The highest BCUT2D eigenvalue weighted by molar-refractivity contribution is 6.42. The second kappa shape index (κ2) is 6.77. The zero-order valence-corrected chi connectivity index (χ0v) is 17.4. The Morgan fingerprint density at radius 2 is 1.13 bits per heavy atom. The van der Waals surface area contributed by atoms with Crippen LogP contribution in [0.25, 0.3) is 21.5 Å². The minimum Gasteiger partial charge on any atom is -0.457 e. The van der Waals surface area contributed by atoms with Crippen molar-refractivity contribution in [3.63, 3.8) is 0 Å². The number of ether oxygens (including phenoxy) is 1. The van der Waals surface area contributed by atoms with Crippen molar-refractivity contribution in [2.75, 3.05) is 0 Å². The van der Waals surface area contributed by atoms with Gasteiger partial charge in [0.1, 0.15) is 11.5 Å². The highest BCUT2D eigenvalue weighted by Gasteiger charge is 2.33. The third-order valence-corrected chi connectivity index (χ3v) is 6.78. The van der Waals surface area contributed by atoms with Gasteiger partial charge >= 0.3 is 0 Å². The van der Waals surface area contributed by atoms with Crippen LogP contribution in [0.4, 0.5) is 0 Å². The number of fused-ring (bicyclic) bond motifs is 6. The first-order chi connectivity index (χ1) is 14.7. The molecule has 30 heavy (non-hydrogen) atoms. The average Bonchev–Trinajstić information content (AvgIpc) is 2.79. The van der Waals surface area contributed by atoms with Crippen LogP contribution in [0.1, 0.15) is 22.6 Å². The number of benzene rings is 5. The van der Waals surface area contributed by atoms with Gasteiger partial charge in [-0.2, -0.15) is 0 Å². The Morgan fingerprint density at radius 1 is 0.567 bits per heavy atom. The molecule has 0 bridgehead atoms. The Balaban J connectivity index is 1.79. The van der Waals surface area contributed by atoms with Gasteiger partial charge in [0.05, 0.1) is 10.0 Å². The Bertz CT molecular complexity index is 1370. The average molecular weight is 427 g/mol. The molecular formula is C27H16Cl2O. The summed E-state index contributed by atoms with van der Waals surface area (Å²) in [6.45, 7) is 0. The van der Waals surface area contributed by atoms with E-state index in [-0.39, 0.29) is 5.92 Å². The van der Waals surface area contributed by atoms with Gasteiger partial charge in [-0.25, -0.2) is 0 Å². The fraction of sp³-hybridized carbons (Fsp3) is 0.0370. The van der Waals surface area contributed by atoms with Crippen LogP contribution in [-0.4, -0.2) is 0 Å². The molecule has 0 aliphatic carbocycles. The van der Waals surface area contributed by atoms with Gasteiger partial charge in [-0.15, -0.1) is 0 Å². The van der Waals surface area contributed by atoms with Crippen molar-refractivity contribution in [1.82, 2.24) is 0 Å². The maximum absolute atomic E-state index is 6.79. The van der Waals surface area contributed by atoms with Crippen molar-refractivity contribution >= 4 is 44.7 Å². The lowest BCUT2D eigenvalue weighted by Crippen LogP contribution is -2.13. The smallest absolute Gasteiger partial charge is 0.132 e. The first-order valence-corrected chi connectivity index (χ1v) is 10.6. The molecule has 5 aromatic rings. The summed E-state index contributed by atoms with van der Waals surface area (Å²) in [6.07, 6.45) is 0. The molecule has 1 aliphatic heterocycles. The van der Waals surface area contributed by atoms with Gasteiger partial charge in [0.25, 0.3) is 0 Å². The van der Waals surface area contributed by atoms with Gasteiger partial charge in [0.15, 0.2) is 0 Å². The van der Waals surface area contributed by atoms with Gasteiger partial charge < -0.3 is 4.74 Å². The molecule has 0 spiro atoms. The first kappa shape index (κ1) is 17.8. The molecule has 144 valence electrons. The summed E-state index contributed by atoms with van der Waals surface area (Å²) in [5.74, 6) is 1.63. The van der Waals surface area contributed by atoms with Crippen molar-refractivity contribution in [3.8, 4) is 11.5 Å². The zero-order chi connectivity index (χ0) is 20.2. The first-order valence-electron chi connectivity index (χ1n) is 9.87. The lowest BCUT2D eigenvalue weighted by atomic mass is 9.78. The lowest BCUT2D eigenvalue weighted by Gasteiger charge is -2.31. The van der Waals surface area contributed by atoms with Crippen molar-refractivity contribution in [1.29, 1.82) is 0 Å². The Morgan fingerprint density at radius 3 is 1.73 bits per heavy atom. The molecular weight excluding hydrogens is 411 g/mol. The van der Waals surface area contributed by atoms with E-state index in [0.717, 1.165) is 39.0 Å². The molecule has 0 unspecified atom stereocenters. The third kappa shape index (κ3) is 2.56. The van der Waals surface area contributed by atoms with E-state index in [1.54, 1.807) is 0 Å². The molecule has 0 saturated carbocycles. The van der Waals surface area contributed by atoms with E-state index in [0.29, 0.717) is 10.0 Å². The highest BCUT2D eigenvalue weighted by atomic mass is 35.5. The van der Waals surface area contributed by atoms with Crippen LogP contribution >= 0.6 is 23.2 Å². The fourth-order valence-corrected chi connectivity index (χ4v) is 5.06. The molecule has 0 N–H and O–H groups in total. The van der Waals surface area contributed by atoms with Crippen LogP contribution in [0, 0.1) is 0 Å². The van der Waals surface area contributed by atoms with Crippen LogP contribution in [0.2, 0.25) is 10.0 Å². The maximum atomic E-state index is 6.79. The SMILES string of the molecule is Clc1cccc(C2c3c(ccc4ccccc34)Oc3ccc4ccccc4c32)c1Cl. The van der Waals surface area contributed by atoms with Crippen LogP contribution in [0.15, 0.2) is 91.0 Å². The maximum Gasteiger partial charge on any atom is 0.132 e. The van der Waals surface area contributed by atoms with Gasteiger partial charge in [0, 0.05) is 17.0 Å². The molecule has 6 rings (SSSR count). The number of rotatable bonds is 1. The molecule has 0 radical (unpaired) electrons. The summed E-state index contributed by atoms with van der Waals surface area (Å²) in [5, 5.41) is 5.82. The predicted octanol–water partition coefficient (Wildman–Crippen LogP) is 8.59. The normalized spacial score (nSPS) is 13.1. The molecule has 0 fully saturated rings. The van der Waals surface area contributed by atoms with E-state index in [4.69, 9.17) is 27.9 Å². The summed E-state index contributed by atoms with van der Waals surface area (Å²) in [6, 6.07) is 31.0. The second-order valence-electron chi connectivity index (χ2n) is 7.58. The van der Waals surface area contributed by atoms with E-state index < -0.39 is 0 Å². The summed E-state index contributed by atoms with van der Waals surface area (Å²) >= 11 is 13.2. The minimum atomic E-state index is -0.0906. The standard InChI is InChI=1S/C27H16Cl2O/c28-21-11-5-10-20(27(21)29)26-24-18-8-3-1-6-16(18)12-14-22(24)30-23-15-13-17-7-2-4-9-19(17)25(23)26/h1-15,26H. The fourth-order valence-electron chi connectivity index (χ4n) is 4.64. The van der Waals surface area contributed by atoms with E-state index in [1.807, 2.05) is 12.1 Å². The summed E-state index contributed by atoms with van der Waals surface area (Å²) in [4.78, 5) is 0. The molecule has 0 amide bonds. The largest absolute Gasteiger partial charge is 0.457 e. The Kier molecular flexibility index (Phi) is 4.02. The molecule has 1 nitrogen and oxygen atoms in total. The van der Waals surface area contributed by atoms with Crippen molar-refractivity contribution in [3.05, 3.63) is 118 Å². The number of hydrogen-bond acceptors (Lipinski definition) is 1. The van der Waals surface area contributed by atoms with E-state index in [1.165, 1.54) is 10.8 Å². The van der Waals surface area contributed by atoms with Gasteiger partial charge in [-0.05, 0) is 45.3 Å². The molecule has 3 heteroatoms. The van der Waals surface area contributed by atoms with Gasteiger partial charge in [-0.1, -0.05) is 96.0 Å². The van der Waals surface area contributed by atoms with Gasteiger partial charge in [0.2, 0.25) is 0 Å². The summed E-state index contributed by atoms with van der Waals surface area (Å²) in [5.41, 5.74) is 3.24. The van der Waals surface area contributed by atoms with Crippen molar-refractivity contribution < 1.29 is 4.74 Å². The molecule has 0 atom stereocenters. The Hall–Kier alpha value is -3.00. The van der Waals surface area contributed by atoms with Crippen molar-refractivity contribution in [2.24, 2.45) is 0 Å². The summed E-state index contributed by atoms with van der Waals surface area (Å²) < 4.78 is 6.44. The third-order valence-electron chi connectivity index (χ3n) is 5.95. The monoisotopic (exact) mass is 426 g/mol. The molecule has 1 heterocycles. The number of hydrogen-bond donors (Lipinski definition) is 0. The van der Waals surface area contributed by atoms with E-state index in [9.17, 15) is 0 Å². The molecule has 1 aliphatic rings. The molecule has 5 aromatic carbocycles. The number of halogens is 2. The topological polar surface area (TPSA) is 9.23 Å². The lowest BCUT2D eigenvalue weighted by molar-refractivity contribution is 0.456. The Labute approximate surface area is 184 Å². The zero-order valence-electron chi connectivity index (χ0n) is 15.9. The molecule has 0 saturated heterocycles. The highest BCUT2D eigenvalue weighted by Crippen LogP contribution is 2.53. The second-order valence-corrected chi connectivity index (χ2v) is 8.36. The van der Waals surface area contributed by atoms with Crippen LogP contribution in [0.3, 0.4) is 0 Å². The molecule has 0 aromatic heterocycles. The van der Waals surface area contributed by atoms with Crippen LogP contribution < -0.4 is 4.74 Å². The van der Waals surface area contributed by atoms with E-state index >= 15 is 0 Å². The minimum absolute atomic E-state index is 0.0906. The van der Waals surface area contributed by atoms with Crippen LogP contribution in [0.5, 0.6) is 11.5 Å². The van der Waals surface area contributed by atoms with Gasteiger partial charge in [-0.3, -0.25) is 0 Å². The predicted molar refractivity (Wildman–Crippen MR) is 125 cm³/mol. The quantitative estimate of drug-likeness (QED) is 0.255. The van der Waals surface area contributed by atoms with Crippen molar-refractivity contribution in [2.45, 2.75) is 5.92 Å². The van der Waals surface area contributed by atoms with Crippen LogP contribution in [-0.2, 0) is 0 Å².